The number of hydrogen-bond donors (Lipinski definition) is 0. The third kappa shape index (κ3) is 2.22. The van der Waals surface area contributed by atoms with E-state index in [0.717, 1.165) is 5.56 Å². The molecule has 0 aliphatic heterocycles. The fourth-order valence-corrected chi connectivity index (χ4v) is 3.32. The van der Waals surface area contributed by atoms with Gasteiger partial charge in [0.2, 0.25) is 10.0 Å². The first-order chi connectivity index (χ1) is 9.17. The molecule has 1 aromatic carbocycles. The summed E-state index contributed by atoms with van der Waals surface area (Å²) in [6.45, 7) is 0. The maximum atomic E-state index is 12.4. The van der Waals surface area contributed by atoms with Gasteiger partial charge in [-0.2, -0.15) is 0 Å². The number of rotatable bonds is 3. The Balaban J connectivity index is 2.05. The van der Waals surface area contributed by atoms with E-state index in [1.165, 1.54) is 22.6 Å². The highest BCUT2D eigenvalue weighted by Gasteiger charge is 2.17. The highest BCUT2D eigenvalue weighted by Crippen LogP contribution is 2.15. The zero-order chi connectivity index (χ0) is 13.3. The third-order valence-corrected chi connectivity index (χ3v) is 4.37. The molecule has 0 spiro atoms. The van der Waals surface area contributed by atoms with Gasteiger partial charge in [0, 0.05) is 18.6 Å². The van der Waals surface area contributed by atoms with Crippen LogP contribution in [-0.2, 0) is 15.8 Å². The number of benzene rings is 1. The lowest BCUT2D eigenvalue weighted by Crippen LogP contribution is -2.14. The van der Waals surface area contributed by atoms with Crippen molar-refractivity contribution >= 4 is 21.2 Å². The van der Waals surface area contributed by atoms with Crippen LogP contribution in [-0.4, -0.2) is 22.4 Å². The van der Waals surface area contributed by atoms with Crippen LogP contribution in [0, 0.1) is 0 Å². The number of hydrogen-bond acceptors (Lipinski definition) is 4. The fraction of sp³-hybridized carbons (Fsp3) is 0.0769. The molecule has 0 aliphatic rings. The first-order valence-electron chi connectivity index (χ1n) is 5.72. The van der Waals surface area contributed by atoms with Crippen LogP contribution in [0.3, 0.4) is 0 Å². The van der Waals surface area contributed by atoms with Gasteiger partial charge in [0.25, 0.3) is 0 Å². The maximum absolute atomic E-state index is 12.4. The Hall–Kier alpha value is -2.21. The second-order valence-corrected chi connectivity index (χ2v) is 5.96. The van der Waals surface area contributed by atoms with Gasteiger partial charge in [0.05, 0.1) is 5.75 Å². The molecule has 0 radical (unpaired) electrons. The lowest BCUT2D eigenvalue weighted by molar-refractivity contribution is 0.588. The van der Waals surface area contributed by atoms with E-state index in [-0.39, 0.29) is 5.75 Å². The highest BCUT2D eigenvalue weighted by atomic mass is 32.2. The van der Waals surface area contributed by atoms with Crippen LogP contribution in [0.2, 0.25) is 0 Å². The Labute approximate surface area is 110 Å². The number of fused-ring (bicyclic) bond motifs is 1. The fourth-order valence-electron chi connectivity index (χ4n) is 1.92. The summed E-state index contributed by atoms with van der Waals surface area (Å²) < 4.78 is 25.9. The maximum Gasteiger partial charge on any atom is 0.244 e. The third-order valence-electron chi connectivity index (χ3n) is 2.77. The van der Waals surface area contributed by atoms with Gasteiger partial charge in [-0.1, -0.05) is 30.3 Å². The van der Waals surface area contributed by atoms with Crippen LogP contribution < -0.4 is 0 Å². The Morgan fingerprint density at radius 3 is 2.53 bits per heavy atom. The lowest BCUT2D eigenvalue weighted by Gasteiger charge is -2.06. The van der Waals surface area contributed by atoms with Crippen molar-refractivity contribution in [2.45, 2.75) is 5.75 Å². The normalized spacial score (nSPS) is 11.8. The molecule has 0 fully saturated rings. The zero-order valence-electron chi connectivity index (χ0n) is 9.97. The van der Waals surface area contributed by atoms with Gasteiger partial charge in [-0.15, -0.1) is 0 Å². The van der Waals surface area contributed by atoms with Crippen molar-refractivity contribution in [3.63, 3.8) is 0 Å². The summed E-state index contributed by atoms with van der Waals surface area (Å²) in [7, 11) is -3.48. The minimum Gasteiger partial charge on any atom is -0.251 e. The van der Waals surface area contributed by atoms with Gasteiger partial charge < -0.3 is 0 Å². The van der Waals surface area contributed by atoms with Crippen LogP contribution in [0.4, 0.5) is 0 Å². The molecular weight excluding hydrogens is 262 g/mol. The molecule has 6 heteroatoms. The SMILES string of the molecule is O=S(=O)(Cc1ccccc1)n1ccc2nccnc21. The predicted molar refractivity (Wildman–Crippen MR) is 72.0 cm³/mol. The Morgan fingerprint density at radius 1 is 1.00 bits per heavy atom. The molecule has 2 heterocycles. The molecule has 0 saturated heterocycles. The summed E-state index contributed by atoms with van der Waals surface area (Å²) in [6.07, 6.45) is 4.51. The van der Waals surface area contributed by atoms with Crippen molar-refractivity contribution < 1.29 is 8.42 Å². The van der Waals surface area contributed by atoms with Gasteiger partial charge in [-0.05, 0) is 11.6 Å². The van der Waals surface area contributed by atoms with Crippen LogP contribution in [0.25, 0.3) is 11.2 Å². The Kier molecular flexibility index (Phi) is 2.79. The molecule has 5 nitrogen and oxygen atoms in total. The number of aromatic nitrogens is 3. The van der Waals surface area contributed by atoms with E-state index >= 15 is 0 Å². The second kappa shape index (κ2) is 4.47. The van der Waals surface area contributed by atoms with Gasteiger partial charge in [0.1, 0.15) is 5.52 Å². The van der Waals surface area contributed by atoms with E-state index in [1.807, 2.05) is 18.2 Å². The van der Waals surface area contributed by atoms with Crippen molar-refractivity contribution in [2.24, 2.45) is 0 Å². The average molecular weight is 273 g/mol. The van der Waals surface area contributed by atoms with Crippen LogP contribution >= 0.6 is 0 Å². The van der Waals surface area contributed by atoms with Crippen LogP contribution in [0.5, 0.6) is 0 Å². The van der Waals surface area contributed by atoms with E-state index in [2.05, 4.69) is 9.97 Å². The van der Waals surface area contributed by atoms with Crippen LogP contribution in [0.1, 0.15) is 5.56 Å². The largest absolute Gasteiger partial charge is 0.251 e. The molecule has 2 aromatic heterocycles. The predicted octanol–water partition coefficient (Wildman–Crippen LogP) is 1.81. The topological polar surface area (TPSA) is 64.8 Å². The Bertz CT molecular complexity index is 810. The molecule has 0 saturated carbocycles. The van der Waals surface area contributed by atoms with Crippen molar-refractivity contribution in [1.29, 1.82) is 0 Å². The van der Waals surface area contributed by atoms with Crippen molar-refractivity contribution in [1.82, 2.24) is 13.9 Å². The quantitative estimate of drug-likeness (QED) is 0.730. The molecule has 96 valence electrons. The lowest BCUT2D eigenvalue weighted by atomic mass is 10.2. The molecule has 0 unspecified atom stereocenters. The van der Waals surface area contributed by atoms with E-state index in [0.29, 0.717) is 11.2 Å². The molecule has 0 bridgehead atoms. The van der Waals surface area contributed by atoms with Gasteiger partial charge in [0.15, 0.2) is 5.65 Å². The summed E-state index contributed by atoms with van der Waals surface area (Å²) in [5.74, 6) is -0.0613. The van der Waals surface area contributed by atoms with E-state index in [9.17, 15) is 8.42 Å². The van der Waals surface area contributed by atoms with Crippen LogP contribution in [0.15, 0.2) is 55.0 Å². The summed E-state index contributed by atoms with van der Waals surface area (Å²) >= 11 is 0. The minimum atomic E-state index is -3.48. The van der Waals surface area contributed by atoms with E-state index < -0.39 is 10.0 Å². The summed E-state index contributed by atoms with van der Waals surface area (Å²) in [5.41, 5.74) is 1.67. The summed E-state index contributed by atoms with van der Waals surface area (Å²) in [6, 6.07) is 10.7. The number of nitrogens with zero attached hydrogens (tertiary/aromatic N) is 3. The minimum absolute atomic E-state index is 0.0613. The average Bonchev–Trinajstić information content (AvgIpc) is 2.84. The molecular formula is C13H11N3O2S. The highest BCUT2D eigenvalue weighted by molar-refractivity contribution is 7.89. The van der Waals surface area contributed by atoms with Gasteiger partial charge in [-0.3, -0.25) is 4.98 Å². The molecule has 19 heavy (non-hydrogen) atoms. The molecule has 0 aliphatic carbocycles. The van der Waals surface area contributed by atoms with Crippen molar-refractivity contribution in [3.05, 3.63) is 60.6 Å². The van der Waals surface area contributed by atoms with E-state index in [1.54, 1.807) is 18.2 Å². The second-order valence-electron chi connectivity index (χ2n) is 4.12. The molecule has 3 rings (SSSR count). The van der Waals surface area contributed by atoms with Gasteiger partial charge >= 0.3 is 0 Å². The Morgan fingerprint density at radius 2 is 1.74 bits per heavy atom. The van der Waals surface area contributed by atoms with E-state index in [4.69, 9.17) is 0 Å². The molecule has 0 atom stereocenters. The first-order valence-corrected chi connectivity index (χ1v) is 7.33. The summed E-state index contributed by atoms with van der Waals surface area (Å²) in [5, 5.41) is 0. The molecule has 3 aromatic rings. The molecule has 0 N–H and O–H groups in total. The monoisotopic (exact) mass is 273 g/mol. The molecule has 0 amide bonds. The standard InChI is InChI=1S/C13H11N3O2S/c17-19(18,10-11-4-2-1-3-5-11)16-9-6-12-13(16)15-8-7-14-12/h1-9H,10H2. The smallest absolute Gasteiger partial charge is 0.244 e. The zero-order valence-corrected chi connectivity index (χ0v) is 10.8. The summed E-state index contributed by atoms with van der Waals surface area (Å²) in [4.78, 5) is 8.14. The first kappa shape index (κ1) is 11.9. The van der Waals surface area contributed by atoms with Crippen molar-refractivity contribution in [2.75, 3.05) is 0 Å². The van der Waals surface area contributed by atoms with Gasteiger partial charge in [-0.25, -0.2) is 17.4 Å². The van der Waals surface area contributed by atoms with Crippen molar-refractivity contribution in [3.8, 4) is 0 Å².